The van der Waals surface area contributed by atoms with Crippen LogP contribution in [-0.4, -0.2) is 42.9 Å². The summed E-state index contributed by atoms with van der Waals surface area (Å²) in [7, 11) is 6.05. The Morgan fingerprint density at radius 1 is 1.04 bits per heavy atom. The molecule has 25 heavy (non-hydrogen) atoms. The molecule has 2 aromatic carbocycles. The molecule has 0 spiro atoms. The molecule has 0 fully saturated rings. The Morgan fingerprint density at radius 2 is 1.68 bits per heavy atom. The molecule has 3 rings (SSSR count). The van der Waals surface area contributed by atoms with Crippen LogP contribution in [0.5, 0.6) is 0 Å². The normalized spacial score (nSPS) is 11.5. The number of fused-ring (bicyclic) bond motifs is 3. The Labute approximate surface area is 153 Å². The molecule has 1 heterocycles. The van der Waals surface area contributed by atoms with Crippen molar-refractivity contribution in [3.05, 3.63) is 57.9 Å². The van der Waals surface area contributed by atoms with Gasteiger partial charge in [0.1, 0.15) is 6.54 Å². The molecule has 132 valence electrons. The molecule has 0 aliphatic heterocycles. The monoisotopic (exact) mass is 358 g/mol. The van der Waals surface area contributed by atoms with Gasteiger partial charge in [0.2, 0.25) is 0 Å². The van der Waals surface area contributed by atoms with Gasteiger partial charge in [0.25, 0.3) is 5.56 Å². The van der Waals surface area contributed by atoms with Crippen LogP contribution >= 0.6 is 0 Å². The number of aryl methyl sites for hydroxylation is 1. The third-order valence-electron chi connectivity index (χ3n) is 4.22. The number of carbonyl (C=O) groups is 1. The van der Waals surface area contributed by atoms with Crippen molar-refractivity contribution < 1.29 is 21.7 Å². The van der Waals surface area contributed by atoms with Crippen molar-refractivity contribution in [2.45, 2.75) is 13.3 Å². The fraction of sp³-hybridized carbons (Fsp3) is 0.300. The zero-order valence-electron chi connectivity index (χ0n) is 15.0. The van der Waals surface area contributed by atoms with E-state index in [0.717, 1.165) is 27.4 Å². The summed E-state index contributed by atoms with van der Waals surface area (Å²) in [5, 5.41) is 2.60. The largest absolute Gasteiger partial charge is 1.00 e. The molecule has 0 aliphatic carbocycles. The van der Waals surface area contributed by atoms with Crippen LogP contribution < -0.4 is 18.0 Å². The summed E-state index contributed by atoms with van der Waals surface area (Å²) in [5.41, 5.74) is 2.80. The standard InChI is InChI=1S/C20H22N2O2.ClH/c1-13-9-19-18(11-14(13)10-15(23)12-22(2,3)4)16-7-5-6-8-17(16)20(24)21-19;/h5-9,11H,10,12H2,1-4H3;1H. The van der Waals surface area contributed by atoms with Crippen molar-refractivity contribution >= 4 is 27.5 Å². The molecule has 0 radical (unpaired) electrons. The Balaban J connectivity index is 0.00000225. The zero-order chi connectivity index (χ0) is 17.5. The second kappa shape index (κ2) is 6.98. The maximum atomic E-state index is 12.4. The molecule has 0 bridgehead atoms. The average molecular weight is 359 g/mol. The minimum absolute atomic E-state index is 0. The van der Waals surface area contributed by atoms with Gasteiger partial charge in [0.05, 0.1) is 21.1 Å². The summed E-state index contributed by atoms with van der Waals surface area (Å²) >= 11 is 0. The van der Waals surface area contributed by atoms with Crippen LogP contribution in [-0.2, 0) is 11.2 Å². The molecular formula is C20H23ClN2O2. The number of Topliss-reactive ketones (excluding diaryl/α,β-unsaturated/α-hetero) is 1. The van der Waals surface area contributed by atoms with Crippen molar-refractivity contribution in [1.29, 1.82) is 0 Å². The van der Waals surface area contributed by atoms with Gasteiger partial charge in [-0.2, -0.15) is 0 Å². The van der Waals surface area contributed by atoms with Crippen LogP contribution in [0.4, 0.5) is 0 Å². The molecule has 1 N–H and O–H groups in total. The third kappa shape index (κ3) is 4.09. The Hall–Kier alpha value is -2.17. The molecule has 0 unspecified atom stereocenters. The van der Waals surface area contributed by atoms with Crippen LogP contribution in [0.3, 0.4) is 0 Å². The number of nitrogens with one attached hydrogen (secondary N) is 1. The summed E-state index contributed by atoms with van der Waals surface area (Å²) in [6.45, 7) is 2.49. The number of hydrogen-bond donors (Lipinski definition) is 1. The topological polar surface area (TPSA) is 49.9 Å². The molecule has 0 amide bonds. The van der Waals surface area contributed by atoms with Gasteiger partial charge in [0.15, 0.2) is 5.78 Å². The Morgan fingerprint density at radius 3 is 2.32 bits per heavy atom. The van der Waals surface area contributed by atoms with E-state index in [2.05, 4.69) is 11.1 Å². The number of quaternary nitrogens is 1. The van der Waals surface area contributed by atoms with E-state index in [9.17, 15) is 9.59 Å². The first-order valence-corrected chi connectivity index (χ1v) is 8.11. The second-order valence-electron chi connectivity index (χ2n) is 7.49. The number of rotatable bonds is 4. The number of carbonyl (C=O) groups excluding carboxylic acids is 1. The molecule has 0 saturated heterocycles. The van der Waals surface area contributed by atoms with E-state index >= 15 is 0 Å². The molecular weight excluding hydrogens is 336 g/mol. The lowest BCUT2D eigenvalue weighted by atomic mass is 9.97. The number of aromatic nitrogens is 1. The summed E-state index contributed by atoms with van der Waals surface area (Å²) in [4.78, 5) is 27.5. The average Bonchev–Trinajstić information content (AvgIpc) is 2.47. The van der Waals surface area contributed by atoms with Crippen molar-refractivity contribution in [2.75, 3.05) is 27.7 Å². The van der Waals surface area contributed by atoms with Crippen molar-refractivity contribution in [3.8, 4) is 0 Å². The van der Waals surface area contributed by atoms with Gasteiger partial charge >= 0.3 is 0 Å². The van der Waals surface area contributed by atoms with Crippen molar-refractivity contribution in [1.82, 2.24) is 4.98 Å². The summed E-state index contributed by atoms with van der Waals surface area (Å²) in [6, 6.07) is 11.6. The van der Waals surface area contributed by atoms with Crippen LogP contribution in [0.25, 0.3) is 21.7 Å². The van der Waals surface area contributed by atoms with Gasteiger partial charge in [-0.15, -0.1) is 0 Å². The first-order valence-electron chi connectivity index (χ1n) is 8.11. The fourth-order valence-electron chi connectivity index (χ4n) is 3.17. The van der Waals surface area contributed by atoms with E-state index in [4.69, 9.17) is 0 Å². The van der Waals surface area contributed by atoms with E-state index in [-0.39, 0.29) is 23.7 Å². The number of hydrogen-bond acceptors (Lipinski definition) is 2. The molecule has 5 heteroatoms. The van der Waals surface area contributed by atoms with E-state index < -0.39 is 0 Å². The first kappa shape index (κ1) is 19.2. The predicted octanol–water partition coefficient (Wildman–Crippen LogP) is -0.188. The third-order valence-corrected chi connectivity index (χ3v) is 4.22. The van der Waals surface area contributed by atoms with Crippen LogP contribution in [0.2, 0.25) is 0 Å². The van der Waals surface area contributed by atoms with Crippen LogP contribution in [0.15, 0.2) is 41.2 Å². The van der Waals surface area contributed by atoms with Gasteiger partial charge in [-0.1, -0.05) is 18.2 Å². The number of ketones is 1. The minimum atomic E-state index is -0.0774. The molecule has 3 aromatic rings. The van der Waals surface area contributed by atoms with E-state index in [1.54, 1.807) is 0 Å². The maximum Gasteiger partial charge on any atom is 0.256 e. The molecule has 0 aliphatic rings. The highest BCUT2D eigenvalue weighted by Crippen LogP contribution is 2.24. The molecule has 0 atom stereocenters. The van der Waals surface area contributed by atoms with Crippen LogP contribution in [0.1, 0.15) is 11.1 Å². The Kier molecular flexibility index (Phi) is 5.35. The number of H-pyrrole nitrogens is 1. The highest BCUT2D eigenvalue weighted by atomic mass is 35.5. The smallest absolute Gasteiger partial charge is 0.256 e. The second-order valence-corrected chi connectivity index (χ2v) is 7.49. The lowest BCUT2D eigenvalue weighted by molar-refractivity contribution is -0.862. The molecule has 1 aromatic heterocycles. The van der Waals surface area contributed by atoms with Crippen LogP contribution in [0, 0.1) is 6.92 Å². The summed E-state index contributed by atoms with van der Waals surface area (Å²) in [5.74, 6) is 0.221. The number of halogens is 1. The number of nitrogens with zero attached hydrogens (tertiary/aromatic N) is 1. The van der Waals surface area contributed by atoms with E-state index in [1.807, 2.05) is 58.4 Å². The quantitative estimate of drug-likeness (QED) is 0.519. The van der Waals surface area contributed by atoms with Crippen molar-refractivity contribution in [3.63, 3.8) is 0 Å². The van der Waals surface area contributed by atoms with E-state index in [1.165, 1.54) is 0 Å². The van der Waals surface area contributed by atoms with Gasteiger partial charge in [-0.3, -0.25) is 9.59 Å². The van der Waals surface area contributed by atoms with Gasteiger partial charge in [-0.05, 0) is 41.6 Å². The zero-order valence-corrected chi connectivity index (χ0v) is 15.8. The fourth-order valence-corrected chi connectivity index (χ4v) is 3.17. The van der Waals surface area contributed by atoms with E-state index in [0.29, 0.717) is 22.8 Å². The molecule has 0 saturated carbocycles. The lowest BCUT2D eigenvalue weighted by Gasteiger charge is -2.23. The summed E-state index contributed by atoms with van der Waals surface area (Å²) in [6.07, 6.45) is 0.421. The highest BCUT2D eigenvalue weighted by Gasteiger charge is 2.16. The number of likely N-dealkylation sites (N-methyl/N-ethyl adjacent to an activating group) is 1. The van der Waals surface area contributed by atoms with Crippen molar-refractivity contribution in [2.24, 2.45) is 0 Å². The first-order chi connectivity index (χ1) is 11.2. The minimum Gasteiger partial charge on any atom is -1.00 e. The van der Waals surface area contributed by atoms with Gasteiger partial charge < -0.3 is 21.9 Å². The SMILES string of the molecule is Cc1cc2[nH]c(=O)c3ccccc3c2cc1CC(=O)C[N+](C)(C)C.[Cl-]. The summed E-state index contributed by atoms with van der Waals surface area (Å²) < 4.78 is 0.627. The maximum absolute atomic E-state index is 12.4. The van der Waals surface area contributed by atoms with Gasteiger partial charge in [-0.25, -0.2) is 0 Å². The number of benzene rings is 2. The predicted molar refractivity (Wildman–Crippen MR) is 98.4 cm³/mol. The highest BCUT2D eigenvalue weighted by molar-refractivity contribution is 6.05. The lowest BCUT2D eigenvalue weighted by Crippen LogP contribution is -3.00. The number of pyridine rings is 1. The Bertz CT molecular complexity index is 1000. The molecule has 4 nitrogen and oxygen atoms in total. The number of aromatic amines is 1. The van der Waals surface area contributed by atoms with Gasteiger partial charge in [0, 0.05) is 22.7 Å².